The van der Waals surface area contributed by atoms with E-state index in [4.69, 9.17) is 0 Å². The van der Waals surface area contributed by atoms with E-state index < -0.39 is 0 Å². The Bertz CT molecular complexity index is 331. The maximum absolute atomic E-state index is 3.71. The zero-order chi connectivity index (χ0) is 11.5. The van der Waals surface area contributed by atoms with Crippen LogP contribution in [-0.4, -0.2) is 17.5 Å². The third kappa shape index (κ3) is 3.03. The van der Waals surface area contributed by atoms with E-state index in [1.165, 1.54) is 33.5 Å². The molecule has 0 aromatic carbocycles. The van der Waals surface area contributed by atoms with E-state index in [1.54, 1.807) is 0 Å². The summed E-state index contributed by atoms with van der Waals surface area (Å²) in [6, 6.07) is 2.96. The minimum atomic E-state index is 0.719. The molecule has 0 radical (unpaired) electrons. The van der Waals surface area contributed by atoms with E-state index in [0.717, 1.165) is 17.8 Å². The third-order valence-corrected chi connectivity index (χ3v) is 6.51. The van der Waals surface area contributed by atoms with E-state index >= 15 is 0 Å². The van der Waals surface area contributed by atoms with Crippen molar-refractivity contribution in [3.63, 3.8) is 0 Å². The van der Waals surface area contributed by atoms with Gasteiger partial charge in [-0.2, -0.15) is 11.8 Å². The summed E-state index contributed by atoms with van der Waals surface area (Å²) in [4.78, 5) is 2.82. The molecule has 2 atom stereocenters. The molecule has 0 saturated heterocycles. The lowest BCUT2D eigenvalue weighted by molar-refractivity contribution is 0.535. The molecule has 1 nitrogen and oxygen atoms in total. The number of hydrogen-bond acceptors (Lipinski definition) is 3. The molecular formula is C12H18BrNS2. The smallest absolute Gasteiger partial charge is 0.0314 e. The van der Waals surface area contributed by atoms with Crippen molar-refractivity contribution in [3.8, 4) is 0 Å². The molecule has 1 aromatic rings. The van der Waals surface area contributed by atoms with Crippen LogP contribution in [0.5, 0.6) is 0 Å². The van der Waals surface area contributed by atoms with E-state index in [1.807, 2.05) is 23.1 Å². The lowest BCUT2D eigenvalue weighted by Crippen LogP contribution is -2.33. The second-order valence-electron chi connectivity index (χ2n) is 4.31. The van der Waals surface area contributed by atoms with Gasteiger partial charge in [0, 0.05) is 32.1 Å². The van der Waals surface area contributed by atoms with Crippen molar-refractivity contribution in [3.05, 3.63) is 20.3 Å². The summed E-state index contributed by atoms with van der Waals surface area (Å²) >= 11 is 7.48. The summed E-state index contributed by atoms with van der Waals surface area (Å²) in [5.74, 6) is 0. The van der Waals surface area contributed by atoms with Crippen molar-refractivity contribution < 1.29 is 0 Å². The molecular weight excluding hydrogens is 302 g/mol. The normalized spacial score (nSPS) is 25.2. The highest BCUT2D eigenvalue weighted by atomic mass is 79.9. The minimum absolute atomic E-state index is 0.719. The first-order valence-corrected chi connectivity index (χ1v) is 8.61. The lowest BCUT2D eigenvalue weighted by atomic mass is 10.2. The van der Waals surface area contributed by atoms with Crippen LogP contribution >= 0.6 is 39.0 Å². The van der Waals surface area contributed by atoms with Gasteiger partial charge in [0.15, 0.2) is 0 Å². The molecule has 2 unspecified atom stereocenters. The maximum atomic E-state index is 3.71. The molecule has 1 aliphatic rings. The number of nitrogens with one attached hydrogen (secondary N) is 1. The number of hydrogen-bond donors (Lipinski definition) is 1. The summed E-state index contributed by atoms with van der Waals surface area (Å²) < 4.78 is 1.25. The van der Waals surface area contributed by atoms with Gasteiger partial charge in [-0.15, -0.1) is 11.3 Å². The standard InChI is InChI=1S/C12H18BrNS2/c1-8-10(13)6-9(16-8)7-14-11-4-3-5-12(11)15-2/h6,11-12,14H,3-5,7H2,1-2H3. The molecule has 0 aliphatic heterocycles. The van der Waals surface area contributed by atoms with E-state index in [2.05, 4.69) is 40.5 Å². The zero-order valence-electron chi connectivity index (χ0n) is 9.75. The van der Waals surface area contributed by atoms with Crippen LogP contribution in [0.2, 0.25) is 0 Å². The van der Waals surface area contributed by atoms with Crippen molar-refractivity contribution >= 4 is 39.0 Å². The van der Waals surface area contributed by atoms with Crippen LogP contribution < -0.4 is 5.32 Å². The van der Waals surface area contributed by atoms with Crippen LogP contribution in [0.4, 0.5) is 0 Å². The van der Waals surface area contributed by atoms with Crippen molar-refractivity contribution in [2.75, 3.05) is 6.26 Å². The van der Waals surface area contributed by atoms with Crippen LogP contribution in [0.1, 0.15) is 29.0 Å². The average Bonchev–Trinajstić information content (AvgIpc) is 2.83. The number of rotatable bonds is 4. The fourth-order valence-corrected chi connectivity index (χ4v) is 4.79. The molecule has 1 N–H and O–H groups in total. The topological polar surface area (TPSA) is 12.0 Å². The number of thioether (sulfide) groups is 1. The van der Waals surface area contributed by atoms with Gasteiger partial charge in [-0.05, 0) is 48.0 Å². The average molecular weight is 320 g/mol. The quantitative estimate of drug-likeness (QED) is 0.893. The first kappa shape index (κ1) is 12.9. The van der Waals surface area contributed by atoms with Gasteiger partial charge in [-0.1, -0.05) is 6.42 Å². The summed E-state index contributed by atoms with van der Waals surface area (Å²) in [6.45, 7) is 3.19. The Kier molecular flexibility index (Phi) is 4.76. The Morgan fingerprint density at radius 2 is 2.38 bits per heavy atom. The van der Waals surface area contributed by atoms with E-state index in [0.29, 0.717) is 0 Å². The van der Waals surface area contributed by atoms with Gasteiger partial charge in [-0.3, -0.25) is 0 Å². The molecule has 2 rings (SSSR count). The van der Waals surface area contributed by atoms with E-state index in [9.17, 15) is 0 Å². The Labute approximate surface area is 115 Å². The van der Waals surface area contributed by atoms with Gasteiger partial charge in [0.25, 0.3) is 0 Å². The third-order valence-electron chi connectivity index (χ3n) is 3.20. The fourth-order valence-electron chi connectivity index (χ4n) is 2.28. The highest BCUT2D eigenvalue weighted by Crippen LogP contribution is 2.30. The largest absolute Gasteiger partial charge is 0.308 e. The molecule has 0 spiro atoms. The molecule has 0 amide bonds. The van der Waals surface area contributed by atoms with E-state index in [-0.39, 0.29) is 0 Å². The SMILES string of the molecule is CSC1CCCC1NCc1cc(Br)c(C)s1. The van der Waals surface area contributed by atoms with Crippen molar-refractivity contribution in [2.45, 2.75) is 44.0 Å². The second-order valence-corrected chi connectivity index (χ2v) is 7.58. The van der Waals surface area contributed by atoms with Crippen LogP contribution in [0.25, 0.3) is 0 Å². The highest BCUT2D eigenvalue weighted by molar-refractivity contribution is 9.10. The number of thiophene rings is 1. The van der Waals surface area contributed by atoms with Gasteiger partial charge in [0.1, 0.15) is 0 Å². The molecule has 1 aromatic heterocycles. The Hall–Kier alpha value is 0.490. The molecule has 4 heteroatoms. The molecule has 0 bridgehead atoms. The molecule has 1 fully saturated rings. The van der Waals surface area contributed by atoms with Gasteiger partial charge >= 0.3 is 0 Å². The van der Waals surface area contributed by atoms with Crippen molar-refractivity contribution in [2.24, 2.45) is 0 Å². The summed E-state index contributed by atoms with van der Waals surface area (Å²) in [6.07, 6.45) is 6.34. The summed E-state index contributed by atoms with van der Waals surface area (Å²) in [5, 5.41) is 4.53. The van der Waals surface area contributed by atoms with Gasteiger partial charge in [-0.25, -0.2) is 0 Å². The second kappa shape index (κ2) is 5.89. The summed E-state index contributed by atoms with van der Waals surface area (Å²) in [5.41, 5.74) is 0. The Balaban J connectivity index is 1.87. The van der Waals surface area contributed by atoms with Gasteiger partial charge < -0.3 is 5.32 Å². The zero-order valence-corrected chi connectivity index (χ0v) is 13.0. The molecule has 1 heterocycles. The highest BCUT2D eigenvalue weighted by Gasteiger charge is 2.25. The maximum Gasteiger partial charge on any atom is 0.0314 e. The van der Waals surface area contributed by atoms with Gasteiger partial charge in [0.2, 0.25) is 0 Å². The predicted octanol–water partition coefficient (Wildman–Crippen LogP) is 4.19. The van der Waals surface area contributed by atoms with Gasteiger partial charge in [0.05, 0.1) is 0 Å². The lowest BCUT2D eigenvalue weighted by Gasteiger charge is -2.18. The number of aryl methyl sites for hydroxylation is 1. The predicted molar refractivity (Wildman–Crippen MR) is 78.5 cm³/mol. The monoisotopic (exact) mass is 319 g/mol. The molecule has 16 heavy (non-hydrogen) atoms. The minimum Gasteiger partial charge on any atom is -0.308 e. The molecule has 1 saturated carbocycles. The first-order chi connectivity index (χ1) is 7.70. The Morgan fingerprint density at radius 1 is 1.56 bits per heavy atom. The van der Waals surface area contributed by atoms with Crippen molar-refractivity contribution in [1.29, 1.82) is 0 Å². The summed E-state index contributed by atoms with van der Waals surface area (Å²) in [7, 11) is 0. The molecule has 1 aliphatic carbocycles. The van der Waals surface area contributed by atoms with Crippen molar-refractivity contribution in [1.82, 2.24) is 5.32 Å². The first-order valence-electron chi connectivity index (χ1n) is 5.71. The van der Waals surface area contributed by atoms with Crippen LogP contribution in [0.3, 0.4) is 0 Å². The number of halogens is 1. The Morgan fingerprint density at radius 3 is 3.00 bits per heavy atom. The van der Waals surface area contributed by atoms with Crippen LogP contribution in [-0.2, 0) is 6.54 Å². The van der Waals surface area contributed by atoms with Crippen LogP contribution in [0.15, 0.2) is 10.5 Å². The fraction of sp³-hybridized carbons (Fsp3) is 0.667. The molecule has 90 valence electrons. The van der Waals surface area contributed by atoms with Crippen LogP contribution in [0, 0.1) is 6.92 Å².